The van der Waals surface area contributed by atoms with Gasteiger partial charge in [0.1, 0.15) is 17.9 Å². The molecule has 0 aromatic heterocycles. The van der Waals surface area contributed by atoms with Crippen LogP contribution in [0.4, 0.5) is 0 Å². The van der Waals surface area contributed by atoms with Crippen molar-refractivity contribution in [3.8, 4) is 5.75 Å². The molecule has 0 aliphatic carbocycles. The van der Waals surface area contributed by atoms with Gasteiger partial charge < -0.3 is 19.0 Å². The first-order valence-electron chi connectivity index (χ1n) is 9.44. The molecule has 0 spiro atoms. The zero-order chi connectivity index (χ0) is 24.9. The molecule has 34 heavy (non-hydrogen) atoms. The van der Waals surface area contributed by atoms with Crippen molar-refractivity contribution in [1.82, 2.24) is 0 Å². The summed E-state index contributed by atoms with van der Waals surface area (Å²) in [5.41, 5.74) is 0.166. The number of esters is 3. The van der Waals surface area contributed by atoms with Crippen LogP contribution in [0.15, 0.2) is 53.4 Å². The third-order valence-electron chi connectivity index (χ3n) is 3.85. The van der Waals surface area contributed by atoms with E-state index in [4.69, 9.17) is 14.2 Å². The van der Waals surface area contributed by atoms with E-state index in [1.165, 1.54) is 48.3 Å². The van der Waals surface area contributed by atoms with Crippen LogP contribution in [-0.2, 0) is 23.9 Å². The summed E-state index contributed by atoms with van der Waals surface area (Å²) in [6, 6.07) is 12.0. The van der Waals surface area contributed by atoms with E-state index in [9.17, 15) is 29.4 Å². The maximum Gasteiger partial charge on any atom is 0.344 e. The van der Waals surface area contributed by atoms with Crippen molar-refractivity contribution in [3.05, 3.63) is 74.7 Å². The molecule has 0 saturated carbocycles. The Bertz CT molecular complexity index is 1030. The summed E-state index contributed by atoms with van der Waals surface area (Å²) in [4.78, 5) is 65.6. The SMILES string of the molecule is CC(=O)Oc1ccccc1C(=O)OCOC(=O)c1ccc(SCC(CO[N+](=O)[O-])O[NH+]=O)cc1. The molecule has 13 nitrogen and oxygen atoms in total. The molecular weight excluding hydrogens is 476 g/mol. The topological polar surface area (TPSA) is 172 Å². The first-order chi connectivity index (χ1) is 16.3. The maximum atomic E-state index is 12.2. The summed E-state index contributed by atoms with van der Waals surface area (Å²) in [5.74, 6) is -2.04. The fourth-order valence-corrected chi connectivity index (χ4v) is 3.25. The second-order valence-corrected chi connectivity index (χ2v) is 7.34. The Hall–Kier alpha value is -4.20. The minimum absolute atomic E-state index is 0.00630. The Balaban J connectivity index is 1.84. The lowest BCUT2D eigenvalue weighted by atomic mass is 10.2. The van der Waals surface area contributed by atoms with Gasteiger partial charge in [-0.05, 0) is 36.4 Å². The number of carbonyl (C=O) groups excluding carboxylic acids is 3. The average molecular weight is 495 g/mol. The van der Waals surface area contributed by atoms with Crippen molar-refractivity contribution in [2.75, 3.05) is 19.2 Å². The molecule has 0 heterocycles. The number of hydrogen-bond donors (Lipinski definition) is 1. The summed E-state index contributed by atoms with van der Waals surface area (Å²) < 4.78 is 14.8. The number of benzene rings is 2. The molecule has 0 aliphatic rings. The Labute approximate surface area is 196 Å². The van der Waals surface area contributed by atoms with Gasteiger partial charge in [-0.2, -0.15) is 0 Å². The van der Waals surface area contributed by atoms with Crippen molar-refractivity contribution in [1.29, 1.82) is 0 Å². The summed E-state index contributed by atoms with van der Waals surface area (Å²) in [5, 5.41) is 10.5. The number of thioether (sulfide) groups is 1. The van der Waals surface area contributed by atoms with E-state index in [1.54, 1.807) is 24.3 Å². The summed E-state index contributed by atoms with van der Waals surface area (Å²) >= 11 is 1.20. The molecule has 2 aromatic carbocycles. The summed E-state index contributed by atoms with van der Waals surface area (Å²) in [6.45, 7) is 0.0817. The highest BCUT2D eigenvalue weighted by Crippen LogP contribution is 2.21. The van der Waals surface area contributed by atoms with Crippen LogP contribution in [0.3, 0.4) is 0 Å². The second kappa shape index (κ2) is 13.4. The molecule has 0 bridgehead atoms. The van der Waals surface area contributed by atoms with Crippen LogP contribution >= 0.6 is 11.8 Å². The Morgan fingerprint density at radius 2 is 1.74 bits per heavy atom. The van der Waals surface area contributed by atoms with Crippen molar-refractivity contribution in [2.45, 2.75) is 17.9 Å². The number of rotatable bonds is 13. The zero-order valence-corrected chi connectivity index (χ0v) is 18.5. The Morgan fingerprint density at radius 1 is 1.06 bits per heavy atom. The number of ether oxygens (including phenoxy) is 3. The van der Waals surface area contributed by atoms with Gasteiger partial charge in [-0.15, -0.1) is 21.9 Å². The molecule has 2 rings (SSSR count). The van der Waals surface area contributed by atoms with Crippen molar-refractivity contribution >= 4 is 29.7 Å². The molecule has 0 amide bonds. The minimum Gasteiger partial charge on any atom is -0.426 e. The molecule has 1 atom stereocenters. The molecule has 180 valence electrons. The lowest BCUT2D eigenvalue weighted by molar-refractivity contribution is -0.796. The lowest BCUT2D eigenvalue weighted by Gasteiger charge is -2.10. The van der Waals surface area contributed by atoms with Crippen LogP contribution in [0.25, 0.3) is 0 Å². The van der Waals surface area contributed by atoms with Gasteiger partial charge >= 0.3 is 17.9 Å². The van der Waals surface area contributed by atoms with Crippen molar-refractivity contribution in [2.24, 2.45) is 0 Å². The number of para-hydroxylation sites is 1. The largest absolute Gasteiger partial charge is 0.426 e. The molecule has 0 aliphatic heterocycles. The molecule has 1 N–H and O–H groups in total. The van der Waals surface area contributed by atoms with Crippen LogP contribution < -0.4 is 10.1 Å². The van der Waals surface area contributed by atoms with E-state index in [-0.39, 0.29) is 22.6 Å². The fraction of sp³-hybridized carbons (Fsp3) is 0.250. The summed E-state index contributed by atoms with van der Waals surface area (Å²) in [7, 11) is 0. The highest BCUT2D eigenvalue weighted by molar-refractivity contribution is 7.99. The molecule has 14 heteroatoms. The lowest BCUT2D eigenvalue weighted by Crippen LogP contribution is -2.66. The minimum atomic E-state index is -0.998. The number of nitrogens with zero attached hydrogens (tertiary/aromatic N) is 1. The molecule has 0 radical (unpaired) electrons. The Kier molecular flexibility index (Phi) is 10.2. The van der Waals surface area contributed by atoms with E-state index in [0.717, 1.165) is 0 Å². The van der Waals surface area contributed by atoms with E-state index in [1.807, 2.05) is 0 Å². The number of nitrogens with one attached hydrogen (secondary N) is 1. The van der Waals surface area contributed by atoms with E-state index in [0.29, 0.717) is 4.90 Å². The standard InChI is InChI=1S/C20H19N2O11S/c1-13(23)32-18-5-3-2-4-17(18)20(25)30-12-29-19(24)14-6-8-16(9-7-14)34-11-15(33-21-26)10-31-22(27)28/h2-9,15,21H,10-12H2,1H3/q+1. The van der Waals surface area contributed by atoms with Gasteiger partial charge in [0, 0.05) is 17.6 Å². The quantitative estimate of drug-likeness (QED) is 0.105. The van der Waals surface area contributed by atoms with Crippen molar-refractivity contribution in [3.63, 3.8) is 0 Å². The van der Waals surface area contributed by atoms with Crippen LogP contribution in [0.2, 0.25) is 0 Å². The van der Waals surface area contributed by atoms with Gasteiger partial charge in [-0.25, -0.2) is 14.4 Å². The molecular formula is C20H19N2O11S+. The highest BCUT2D eigenvalue weighted by atomic mass is 32.2. The zero-order valence-electron chi connectivity index (χ0n) is 17.7. The fourth-order valence-electron chi connectivity index (χ4n) is 2.38. The molecule has 0 fully saturated rings. The summed E-state index contributed by atoms with van der Waals surface area (Å²) in [6.07, 6.45) is -0.891. The van der Waals surface area contributed by atoms with Crippen LogP contribution in [0.1, 0.15) is 27.6 Å². The maximum absolute atomic E-state index is 12.2. The highest BCUT2D eigenvalue weighted by Gasteiger charge is 2.18. The average Bonchev–Trinajstić information content (AvgIpc) is 2.81. The normalized spacial score (nSPS) is 11.0. The Morgan fingerprint density at radius 3 is 2.38 bits per heavy atom. The van der Waals surface area contributed by atoms with Gasteiger partial charge in [-0.1, -0.05) is 12.1 Å². The van der Waals surface area contributed by atoms with E-state index < -0.39 is 42.5 Å². The predicted octanol–water partition coefficient (Wildman–Crippen LogP) is 1.03. The van der Waals surface area contributed by atoms with Crippen LogP contribution in [0.5, 0.6) is 5.75 Å². The number of carbonyl (C=O) groups is 3. The predicted molar refractivity (Wildman–Crippen MR) is 113 cm³/mol. The van der Waals surface area contributed by atoms with Gasteiger partial charge in [-0.3, -0.25) is 4.79 Å². The van der Waals surface area contributed by atoms with E-state index >= 15 is 0 Å². The molecule has 0 saturated heterocycles. The van der Waals surface area contributed by atoms with Gasteiger partial charge in [0.15, 0.2) is 0 Å². The number of hydrogen-bond acceptors (Lipinski definition) is 12. The third-order valence-corrected chi connectivity index (χ3v) is 4.99. The molecule has 1 unspecified atom stereocenters. The second-order valence-electron chi connectivity index (χ2n) is 6.25. The van der Waals surface area contributed by atoms with E-state index in [2.05, 4.69) is 9.68 Å². The van der Waals surface area contributed by atoms with Crippen LogP contribution in [0, 0.1) is 15.0 Å². The first kappa shape index (κ1) is 26.1. The smallest absolute Gasteiger partial charge is 0.344 e. The van der Waals surface area contributed by atoms with Gasteiger partial charge in [0.05, 0.1) is 10.5 Å². The first-order valence-corrected chi connectivity index (χ1v) is 10.4. The molecule has 2 aromatic rings. The van der Waals surface area contributed by atoms with Gasteiger partial charge in [0.2, 0.25) is 18.2 Å². The van der Waals surface area contributed by atoms with Crippen molar-refractivity contribution < 1.29 is 48.7 Å². The third kappa shape index (κ3) is 8.74. The van der Waals surface area contributed by atoms with Crippen LogP contribution in [-0.4, -0.2) is 48.3 Å². The van der Waals surface area contributed by atoms with Gasteiger partial charge in [0.25, 0.3) is 5.09 Å². The monoisotopic (exact) mass is 495 g/mol.